The molecular formula is C12H14Cl3N2O+. The molecular weight excluding hydrogens is 295 g/mol. The lowest BCUT2D eigenvalue weighted by molar-refractivity contribution is -0.878. The van der Waals surface area contributed by atoms with Crippen LogP contribution < -0.4 is 10.2 Å². The molecule has 0 radical (unpaired) electrons. The van der Waals surface area contributed by atoms with Crippen LogP contribution in [0.15, 0.2) is 12.1 Å². The topological polar surface area (TPSA) is 33.5 Å². The van der Waals surface area contributed by atoms with Gasteiger partial charge in [-0.25, -0.2) is 0 Å². The van der Waals surface area contributed by atoms with Gasteiger partial charge in [0.25, 0.3) is 5.91 Å². The highest BCUT2D eigenvalue weighted by Gasteiger charge is 2.20. The van der Waals surface area contributed by atoms with E-state index in [4.69, 9.17) is 34.8 Å². The van der Waals surface area contributed by atoms with E-state index >= 15 is 0 Å². The van der Waals surface area contributed by atoms with E-state index in [0.717, 1.165) is 13.1 Å². The summed E-state index contributed by atoms with van der Waals surface area (Å²) in [5.41, 5.74) is 0.436. The normalized spacial score (nSPS) is 15.9. The smallest absolute Gasteiger partial charge is 0.279 e. The highest BCUT2D eigenvalue weighted by molar-refractivity contribution is 6.42. The van der Waals surface area contributed by atoms with E-state index in [2.05, 4.69) is 5.32 Å². The molecule has 98 valence electrons. The molecule has 0 saturated carbocycles. The molecule has 0 spiro atoms. The molecule has 1 fully saturated rings. The van der Waals surface area contributed by atoms with Gasteiger partial charge >= 0.3 is 0 Å². The summed E-state index contributed by atoms with van der Waals surface area (Å²) in [5.74, 6) is -0.0713. The van der Waals surface area contributed by atoms with Crippen LogP contribution in [0.3, 0.4) is 0 Å². The molecule has 1 aromatic rings. The Morgan fingerprint density at radius 2 is 1.72 bits per heavy atom. The molecule has 18 heavy (non-hydrogen) atoms. The summed E-state index contributed by atoms with van der Waals surface area (Å²) in [6.45, 7) is 2.56. The fourth-order valence-electron chi connectivity index (χ4n) is 2.12. The first-order valence-electron chi connectivity index (χ1n) is 5.84. The SMILES string of the molecule is O=C(C[NH+]1CCCC1)Nc1c(Cl)cc(Cl)cc1Cl. The van der Waals surface area contributed by atoms with Gasteiger partial charge in [-0.1, -0.05) is 34.8 Å². The molecule has 0 aliphatic carbocycles. The Balaban J connectivity index is 2.02. The molecule has 2 N–H and O–H groups in total. The Hall–Kier alpha value is -0.480. The number of halogens is 3. The van der Waals surface area contributed by atoms with Crippen LogP contribution >= 0.6 is 34.8 Å². The zero-order valence-corrected chi connectivity index (χ0v) is 12.0. The van der Waals surface area contributed by atoms with Crippen molar-refractivity contribution in [3.05, 3.63) is 27.2 Å². The van der Waals surface area contributed by atoms with E-state index in [0.29, 0.717) is 27.3 Å². The van der Waals surface area contributed by atoms with Crippen molar-refractivity contribution in [3.8, 4) is 0 Å². The Labute approximate surface area is 121 Å². The fraction of sp³-hybridized carbons (Fsp3) is 0.417. The van der Waals surface area contributed by atoms with Crippen LogP contribution in [-0.4, -0.2) is 25.5 Å². The van der Waals surface area contributed by atoms with Gasteiger partial charge in [-0.15, -0.1) is 0 Å². The number of carbonyl (C=O) groups is 1. The highest BCUT2D eigenvalue weighted by Crippen LogP contribution is 2.33. The van der Waals surface area contributed by atoms with Crippen molar-refractivity contribution in [1.29, 1.82) is 0 Å². The van der Waals surface area contributed by atoms with Crippen LogP contribution in [0, 0.1) is 0 Å². The van der Waals surface area contributed by atoms with Crippen LogP contribution in [0.4, 0.5) is 5.69 Å². The summed E-state index contributed by atoms with van der Waals surface area (Å²) < 4.78 is 0. The van der Waals surface area contributed by atoms with Gasteiger partial charge in [-0.2, -0.15) is 0 Å². The van der Waals surface area contributed by atoms with Gasteiger partial charge in [-0.3, -0.25) is 4.79 Å². The number of hydrogen-bond acceptors (Lipinski definition) is 1. The van der Waals surface area contributed by atoms with Crippen molar-refractivity contribution >= 4 is 46.4 Å². The largest absolute Gasteiger partial charge is 0.327 e. The second-order valence-corrected chi connectivity index (χ2v) is 5.68. The third-order valence-electron chi connectivity index (χ3n) is 2.99. The maximum atomic E-state index is 11.9. The Morgan fingerprint density at radius 1 is 1.17 bits per heavy atom. The summed E-state index contributed by atoms with van der Waals surface area (Å²) >= 11 is 17.8. The van der Waals surface area contributed by atoms with Gasteiger partial charge in [0.05, 0.1) is 28.8 Å². The van der Waals surface area contributed by atoms with Crippen LogP contribution in [0.2, 0.25) is 15.1 Å². The van der Waals surface area contributed by atoms with E-state index in [1.54, 1.807) is 12.1 Å². The van der Waals surface area contributed by atoms with Crippen LogP contribution in [0.25, 0.3) is 0 Å². The van der Waals surface area contributed by atoms with Crippen LogP contribution in [-0.2, 0) is 4.79 Å². The number of carbonyl (C=O) groups excluding carboxylic acids is 1. The maximum Gasteiger partial charge on any atom is 0.279 e. The first-order chi connectivity index (χ1) is 8.56. The number of benzene rings is 1. The van der Waals surface area contributed by atoms with Gasteiger partial charge in [0.1, 0.15) is 0 Å². The summed E-state index contributed by atoms with van der Waals surface area (Å²) in [7, 11) is 0. The standard InChI is InChI=1S/C12H13Cl3N2O/c13-8-5-9(14)12(10(15)6-8)16-11(18)7-17-3-1-2-4-17/h5-6H,1-4,7H2,(H,16,18)/p+1. The molecule has 1 amide bonds. The minimum atomic E-state index is -0.0713. The molecule has 6 heteroatoms. The molecule has 1 aliphatic rings. The van der Waals surface area contributed by atoms with Crippen LogP contribution in [0.5, 0.6) is 0 Å². The average molecular weight is 309 g/mol. The average Bonchev–Trinajstić information content (AvgIpc) is 2.76. The number of anilines is 1. The van der Waals surface area contributed by atoms with E-state index in [9.17, 15) is 4.79 Å². The Morgan fingerprint density at radius 3 is 2.28 bits per heavy atom. The molecule has 1 aromatic carbocycles. The van der Waals surface area contributed by atoms with Crippen molar-refractivity contribution in [2.45, 2.75) is 12.8 Å². The highest BCUT2D eigenvalue weighted by atomic mass is 35.5. The molecule has 0 unspecified atom stereocenters. The second-order valence-electron chi connectivity index (χ2n) is 4.43. The van der Waals surface area contributed by atoms with Gasteiger partial charge in [0.2, 0.25) is 0 Å². The minimum absolute atomic E-state index is 0.0713. The first kappa shape index (κ1) is 13.9. The minimum Gasteiger partial charge on any atom is -0.327 e. The second kappa shape index (κ2) is 6.11. The van der Waals surface area contributed by atoms with Crippen molar-refractivity contribution in [2.75, 3.05) is 25.0 Å². The van der Waals surface area contributed by atoms with Crippen LogP contribution in [0.1, 0.15) is 12.8 Å². The molecule has 1 saturated heterocycles. The van der Waals surface area contributed by atoms with Gasteiger partial charge in [0.15, 0.2) is 6.54 Å². The summed E-state index contributed by atoms with van der Waals surface area (Å²) in [6, 6.07) is 3.13. The third kappa shape index (κ3) is 3.51. The summed E-state index contributed by atoms with van der Waals surface area (Å²) in [4.78, 5) is 13.2. The van der Waals surface area contributed by atoms with E-state index in [1.807, 2.05) is 0 Å². The predicted molar refractivity (Wildman–Crippen MR) is 74.9 cm³/mol. The van der Waals surface area contributed by atoms with Gasteiger partial charge in [-0.05, 0) is 12.1 Å². The first-order valence-corrected chi connectivity index (χ1v) is 6.97. The summed E-state index contributed by atoms with van der Waals surface area (Å²) in [5, 5.41) is 3.92. The molecule has 2 rings (SSSR count). The quantitative estimate of drug-likeness (QED) is 0.882. The van der Waals surface area contributed by atoms with Crippen molar-refractivity contribution in [1.82, 2.24) is 0 Å². The maximum absolute atomic E-state index is 11.9. The molecule has 1 heterocycles. The summed E-state index contributed by atoms with van der Waals surface area (Å²) in [6.07, 6.45) is 2.37. The number of hydrogen-bond donors (Lipinski definition) is 2. The van der Waals surface area contributed by atoms with E-state index in [-0.39, 0.29) is 5.91 Å². The molecule has 0 bridgehead atoms. The third-order valence-corrected chi connectivity index (χ3v) is 3.81. The molecule has 0 atom stereocenters. The lowest BCUT2D eigenvalue weighted by Crippen LogP contribution is -3.11. The zero-order valence-electron chi connectivity index (χ0n) is 9.73. The van der Waals surface area contributed by atoms with Gasteiger partial charge < -0.3 is 10.2 Å². The lowest BCUT2D eigenvalue weighted by Gasteiger charge is -2.13. The monoisotopic (exact) mass is 307 g/mol. The Bertz CT molecular complexity index is 436. The van der Waals surface area contributed by atoms with Crippen molar-refractivity contribution in [3.63, 3.8) is 0 Å². The van der Waals surface area contributed by atoms with Gasteiger partial charge in [0, 0.05) is 17.9 Å². The fourth-order valence-corrected chi connectivity index (χ4v) is 3.04. The Kier molecular flexibility index (Phi) is 4.73. The molecule has 3 nitrogen and oxygen atoms in total. The van der Waals surface area contributed by atoms with Crippen molar-refractivity contribution < 1.29 is 9.69 Å². The zero-order chi connectivity index (χ0) is 13.1. The predicted octanol–water partition coefficient (Wildman–Crippen LogP) is 2.26. The lowest BCUT2D eigenvalue weighted by atomic mass is 10.3. The van der Waals surface area contributed by atoms with E-state index in [1.165, 1.54) is 17.7 Å². The number of likely N-dealkylation sites (tertiary alicyclic amines) is 1. The number of quaternary nitrogens is 1. The number of amides is 1. The van der Waals surface area contributed by atoms with Crippen molar-refractivity contribution in [2.24, 2.45) is 0 Å². The molecule has 1 aliphatic heterocycles. The molecule has 0 aromatic heterocycles. The number of rotatable bonds is 3. The van der Waals surface area contributed by atoms with E-state index < -0.39 is 0 Å². The number of nitrogens with one attached hydrogen (secondary N) is 2.